The third-order valence-corrected chi connectivity index (χ3v) is 2.16. The number of nitrogens with zero attached hydrogens (tertiary/aromatic N) is 1. The van der Waals surface area contributed by atoms with Crippen LogP contribution in [0.25, 0.3) is 11.0 Å². The summed E-state index contributed by atoms with van der Waals surface area (Å²) in [6, 6.07) is 3.58. The van der Waals surface area contributed by atoms with Crippen molar-refractivity contribution in [3.8, 4) is 0 Å². The summed E-state index contributed by atoms with van der Waals surface area (Å²) in [5.74, 6) is 0. The molecule has 0 spiro atoms. The van der Waals surface area contributed by atoms with Crippen molar-refractivity contribution in [3.63, 3.8) is 0 Å². The van der Waals surface area contributed by atoms with Crippen LogP contribution in [0, 0.1) is 6.92 Å². The number of aryl methyl sites for hydroxylation is 1. The number of aromatic nitrogens is 2. The second-order valence-electron chi connectivity index (χ2n) is 2.64. The van der Waals surface area contributed by atoms with E-state index in [-0.39, 0.29) is 0 Å². The molecule has 2 heterocycles. The normalized spacial score (nSPS) is 10.9. The van der Waals surface area contributed by atoms with Crippen LogP contribution in [0.15, 0.2) is 12.1 Å². The number of rotatable bonds is 0. The van der Waals surface area contributed by atoms with Crippen LogP contribution in [0.3, 0.4) is 0 Å². The maximum atomic E-state index is 5.93. The minimum Gasteiger partial charge on any atom is -0.343 e. The van der Waals surface area contributed by atoms with Gasteiger partial charge in [-0.25, -0.2) is 4.98 Å². The van der Waals surface area contributed by atoms with Crippen LogP contribution in [-0.2, 0) is 0 Å². The molecule has 0 aliphatic carbocycles. The molecule has 12 heavy (non-hydrogen) atoms. The summed E-state index contributed by atoms with van der Waals surface area (Å²) in [5, 5.41) is 1.96. The number of fused-ring (bicyclic) bond motifs is 1. The first-order valence-corrected chi connectivity index (χ1v) is 4.24. The predicted molar refractivity (Wildman–Crippen MR) is 50.9 cm³/mol. The number of nitrogens with one attached hydrogen (secondary N) is 1. The lowest BCUT2D eigenvalue weighted by Crippen LogP contribution is -1.78. The topological polar surface area (TPSA) is 28.7 Å². The molecule has 0 aromatic carbocycles. The van der Waals surface area contributed by atoms with Gasteiger partial charge in [0.25, 0.3) is 0 Å². The van der Waals surface area contributed by atoms with Gasteiger partial charge in [-0.15, -0.1) is 0 Å². The molecular formula is C8H6Cl2N2. The Morgan fingerprint density at radius 1 is 1.33 bits per heavy atom. The minimum atomic E-state index is 0.411. The molecule has 1 N–H and O–H groups in total. The maximum Gasteiger partial charge on any atom is 0.140 e. The Bertz CT molecular complexity index is 434. The first-order chi connectivity index (χ1) is 5.66. The Balaban J connectivity index is 2.88. The van der Waals surface area contributed by atoms with Crippen LogP contribution >= 0.6 is 23.2 Å². The SMILES string of the molecule is Cc1cc2c(Cl)cc(Cl)nc2[nH]1. The molecule has 0 atom stereocenters. The number of aromatic amines is 1. The number of hydrogen-bond acceptors (Lipinski definition) is 1. The van der Waals surface area contributed by atoms with Crippen LogP contribution in [-0.4, -0.2) is 9.97 Å². The number of hydrogen-bond donors (Lipinski definition) is 1. The average molecular weight is 201 g/mol. The second kappa shape index (κ2) is 2.64. The minimum absolute atomic E-state index is 0.411. The highest BCUT2D eigenvalue weighted by Gasteiger charge is 2.04. The monoisotopic (exact) mass is 200 g/mol. The van der Waals surface area contributed by atoms with E-state index in [1.165, 1.54) is 0 Å². The third kappa shape index (κ3) is 1.17. The summed E-state index contributed by atoms with van der Waals surface area (Å²) >= 11 is 11.6. The smallest absolute Gasteiger partial charge is 0.140 e. The lowest BCUT2D eigenvalue weighted by molar-refractivity contribution is 1.25. The van der Waals surface area contributed by atoms with Crippen molar-refractivity contribution >= 4 is 34.2 Å². The fourth-order valence-electron chi connectivity index (χ4n) is 1.17. The summed E-state index contributed by atoms with van der Waals surface area (Å²) < 4.78 is 0. The molecule has 2 aromatic rings. The average Bonchev–Trinajstić information content (AvgIpc) is 2.29. The van der Waals surface area contributed by atoms with Crippen molar-refractivity contribution in [3.05, 3.63) is 28.0 Å². The number of halogens is 2. The van der Waals surface area contributed by atoms with E-state index in [9.17, 15) is 0 Å². The molecule has 4 heteroatoms. The highest BCUT2D eigenvalue weighted by molar-refractivity contribution is 6.37. The van der Waals surface area contributed by atoms with Crippen LogP contribution in [0.1, 0.15) is 5.69 Å². The fraction of sp³-hybridized carbons (Fsp3) is 0.125. The van der Waals surface area contributed by atoms with Gasteiger partial charge in [0.2, 0.25) is 0 Å². The van der Waals surface area contributed by atoms with E-state index in [0.717, 1.165) is 16.7 Å². The molecule has 0 saturated heterocycles. The van der Waals surface area contributed by atoms with Crippen molar-refractivity contribution < 1.29 is 0 Å². The Kier molecular flexibility index (Phi) is 1.74. The molecule has 0 aliphatic rings. The summed E-state index contributed by atoms with van der Waals surface area (Å²) in [5.41, 5.74) is 1.77. The molecule has 2 nitrogen and oxygen atoms in total. The standard InChI is InChI=1S/C8H6Cl2N2/c1-4-2-5-6(9)3-7(10)12-8(5)11-4/h2-3H,1H3,(H,11,12). The summed E-state index contributed by atoms with van der Waals surface area (Å²) in [6.45, 7) is 1.95. The Morgan fingerprint density at radius 3 is 2.83 bits per heavy atom. The summed E-state index contributed by atoms with van der Waals surface area (Å²) in [7, 11) is 0. The molecule has 0 radical (unpaired) electrons. The van der Waals surface area contributed by atoms with E-state index >= 15 is 0 Å². The molecule has 0 fully saturated rings. The molecule has 0 aliphatic heterocycles. The zero-order valence-electron chi connectivity index (χ0n) is 6.36. The van der Waals surface area contributed by atoms with Gasteiger partial charge in [0.15, 0.2) is 0 Å². The van der Waals surface area contributed by atoms with Crippen LogP contribution in [0.4, 0.5) is 0 Å². The van der Waals surface area contributed by atoms with Gasteiger partial charge in [-0.3, -0.25) is 0 Å². The van der Waals surface area contributed by atoms with Gasteiger partial charge in [0.05, 0.1) is 5.02 Å². The van der Waals surface area contributed by atoms with E-state index in [4.69, 9.17) is 23.2 Å². The molecular weight excluding hydrogens is 195 g/mol. The largest absolute Gasteiger partial charge is 0.343 e. The van der Waals surface area contributed by atoms with Gasteiger partial charge in [-0.1, -0.05) is 23.2 Å². The quantitative estimate of drug-likeness (QED) is 0.651. The van der Waals surface area contributed by atoms with Crippen LogP contribution in [0.2, 0.25) is 10.2 Å². The molecule has 0 bridgehead atoms. The van der Waals surface area contributed by atoms with Gasteiger partial charge >= 0.3 is 0 Å². The van der Waals surface area contributed by atoms with Crippen molar-refractivity contribution in [1.82, 2.24) is 9.97 Å². The number of H-pyrrole nitrogens is 1. The maximum absolute atomic E-state index is 5.93. The highest BCUT2D eigenvalue weighted by atomic mass is 35.5. The zero-order valence-corrected chi connectivity index (χ0v) is 7.87. The Morgan fingerprint density at radius 2 is 2.08 bits per heavy atom. The first-order valence-electron chi connectivity index (χ1n) is 3.48. The molecule has 2 rings (SSSR count). The number of pyridine rings is 1. The van der Waals surface area contributed by atoms with Crippen molar-refractivity contribution in [2.24, 2.45) is 0 Å². The third-order valence-electron chi connectivity index (χ3n) is 1.65. The molecule has 0 unspecified atom stereocenters. The summed E-state index contributed by atoms with van der Waals surface area (Å²) in [6.07, 6.45) is 0. The van der Waals surface area contributed by atoms with E-state index in [0.29, 0.717) is 10.2 Å². The van der Waals surface area contributed by atoms with Gasteiger partial charge in [0, 0.05) is 11.1 Å². The van der Waals surface area contributed by atoms with Crippen molar-refractivity contribution in [1.29, 1.82) is 0 Å². The Hall–Kier alpha value is -0.730. The zero-order chi connectivity index (χ0) is 8.72. The highest BCUT2D eigenvalue weighted by Crippen LogP contribution is 2.25. The lowest BCUT2D eigenvalue weighted by atomic mass is 10.3. The van der Waals surface area contributed by atoms with Crippen LogP contribution in [0.5, 0.6) is 0 Å². The van der Waals surface area contributed by atoms with Gasteiger partial charge < -0.3 is 4.98 Å². The van der Waals surface area contributed by atoms with Crippen molar-refractivity contribution in [2.45, 2.75) is 6.92 Å². The fourth-order valence-corrected chi connectivity index (χ4v) is 1.66. The molecule has 0 amide bonds. The first kappa shape index (κ1) is 7.90. The van der Waals surface area contributed by atoms with E-state index in [1.54, 1.807) is 6.07 Å². The molecule has 2 aromatic heterocycles. The van der Waals surface area contributed by atoms with Crippen LogP contribution < -0.4 is 0 Å². The molecule has 62 valence electrons. The lowest BCUT2D eigenvalue weighted by Gasteiger charge is -1.93. The van der Waals surface area contributed by atoms with Crippen molar-refractivity contribution in [2.75, 3.05) is 0 Å². The summed E-state index contributed by atoms with van der Waals surface area (Å²) in [4.78, 5) is 7.14. The van der Waals surface area contributed by atoms with Gasteiger partial charge in [-0.2, -0.15) is 0 Å². The van der Waals surface area contributed by atoms with Gasteiger partial charge in [0.1, 0.15) is 10.8 Å². The second-order valence-corrected chi connectivity index (χ2v) is 3.44. The van der Waals surface area contributed by atoms with Gasteiger partial charge in [-0.05, 0) is 19.1 Å². The molecule has 0 saturated carbocycles. The van der Waals surface area contributed by atoms with E-state index in [2.05, 4.69) is 9.97 Å². The van der Waals surface area contributed by atoms with E-state index < -0.39 is 0 Å². The Labute approximate surface area is 79.5 Å². The predicted octanol–water partition coefficient (Wildman–Crippen LogP) is 3.18. The van der Waals surface area contributed by atoms with E-state index in [1.807, 2.05) is 13.0 Å².